The molecule has 0 bridgehead atoms. The summed E-state index contributed by atoms with van der Waals surface area (Å²) in [5, 5.41) is 4.58. The van der Waals surface area contributed by atoms with Crippen LogP contribution in [-0.4, -0.2) is 26.8 Å². The van der Waals surface area contributed by atoms with Crippen LogP contribution in [0.1, 0.15) is 49.6 Å². The Morgan fingerprint density at radius 1 is 1.13 bits per heavy atom. The van der Waals surface area contributed by atoms with Crippen molar-refractivity contribution in [2.45, 2.75) is 65.1 Å². The van der Waals surface area contributed by atoms with E-state index in [1.807, 2.05) is 11.6 Å². The summed E-state index contributed by atoms with van der Waals surface area (Å²) < 4.78 is 2.03. The Kier molecular flexibility index (Phi) is 3.76. The van der Waals surface area contributed by atoms with Gasteiger partial charge in [-0.25, -0.2) is 4.68 Å². The third-order valence-corrected chi connectivity index (χ3v) is 5.40. The highest BCUT2D eigenvalue weighted by Gasteiger charge is 2.38. The molecule has 1 heterocycles. The molecular formula is C20H27N3. The normalized spacial score (nSPS) is 19.3. The fourth-order valence-corrected chi connectivity index (χ4v) is 3.70. The van der Waals surface area contributed by atoms with Crippen molar-refractivity contribution < 1.29 is 0 Å². The van der Waals surface area contributed by atoms with E-state index in [0.29, 0.717) is 0 Å². The highest BCUT2D eigenvalue weighted by Crippen LogP contribution is 2.40. The molecule has 2 aliphatic rings. The first kappa shape index (κ1) is 14.9. The summed E-state index contributed by atoms with van der Waals surface area (Å²) in [6.45, 7) is 7.69. The summed E-state index contributed by atoms with van der Waals surface area (Å²) in [5.74, 6) is 0.949. The number of aryl methyl sites for hydroxylation is 2. The summed E-state index contributed by atoms with van der Waals surface area (Å²) in [4.78, 5) is 2.75. The maximum atomic E-state index is 4.58. The molecule has 2 aliphatic carbocycles. The number of hydrogen-bond donors (Lipinski definition) is 0. The number of nitrogens with zero attached hydrogens (tertiary/aromatic N) is 3. The van der Waals surface area contributed by atoms with Crippen LogP contribution in [0.15, 0.2) is 30.3 Å². The Hall–Kier alpha value is -1.61. The molecule has 2 aromatic rings. The molecule has 0 saturated heterocycles. The SMILES string of the molecule is Cc1cc(C)n(-c2ccc(CN(C3CC3)C(C)C3CC3)cc2)n1. The Morgan fingerprint density at radius 3 is 2.35 bits per heavy atom. The Labute approximate surface area is 139 Å². The molecule has 23 heavy (non-hydrogen) atoms. The summed E-state index contributed by atoms with van der Waals surface area (Å²) in [7, 11) is 0. The van der Waals surface area contributed by atoms with Crippen LogP contribution in [0.25, 0.3) is 5.69 Å². The van der Waals surface area contributed by atoms with Crippen LogP contribution in [0.4, 0.5) is 0 Å². The van der Waals surface area contributed by atoms with E-state index >= 15 is 0 Å². The summed E-state index contributed by atoms with van der Waals surface area (Å²) in [5.41, 5.74) is 4.85. The van der Waals surface area contributed by atoms with Gasteiger partial charge in [-0.2, -0.15) is 5.10 Å². The van der Waals surface area contributed by atoms with Crippen molar-refractivity contribution in [1.82, 2.24) is 14.7 Å². The van der Waals surface area contributed by atoms with Gasteiger partial charge in [0.05, 0.1) is 11.4 Å². The monoisotopic (exact) mass is 309 g/mol. The van der Waals surface area contributed by atoms with Crippen LogP contribution < -0.4 is 0 Å². The van der Waals surface area contributed by atoms with Crippen molar-refractivity contribution in [1.29, 1.82) is 0 Å². The topological polar surface area (TPSA) is 21.1 Å². The second-order valence-electron chi connectivity index (χ2n) is 7.49. The van der Waals surface area contributed by atoms with Gasteiger partial charge in [0, 0.05) is 24.3 Å². The van der Waals surface area contributed by atoms with Crippen molar-refractivity contribution in [3.05, 3.63) is 47.3 Å². The lowest BCUT2D eigenvalue weighted by atomic mass is 10.1. The van der Waals surface area contributed by atoms with Crippen LogP contribution in [0.5, 0.6) is 0 Å². The van der Waals surface area contributed by atoms with Crippen LogP contribution in [-0.2, 0) is 6.54 Å². The molecule has 2 saturated carbocycles. The molecule has 2 fully saturated rings. The third kappa shape index (κ3) is 3.20. The van der Waals surface area contributed by atoms with E-state index in [-0.39, 0.29) is 0 Å². The maximum absolute atomic E-state index is 4.58. The zero-order valence-electron chi connectivity index (χ0n) is 14.5. The van der Waals surface area contributed by atoms with Crippen molar-refractivity contribution in [2.75, 3.05) is 0 Å². The van der Waals surface area contributed by atoms with Gasteiger partial charge in [0.25, 0.3) is 0 Å². The number of benzene rings is 1. The molecule has 1 aromatic carbocycles. The Bertz CT molecular complexity index is 677. The van der Waals surface area contributed by atoms with Crippen LogP contribution in [0.2, 0.25) is 0 Å². The highest BCUT2D eigenvalue weighted by atomic mass is 15.3. The fourth-order valence-electron chi connectivity index (χ4n) is 3.70. The summed E-state index contributed by atoms with van der Waals surface area (Å²) in [6, 6.07) is 12.7. The molecule has 3 nitrogen and oxygen atoms in total. The summed E-state index contributed by atoms with van der Waals surface area (Å²) in [6.07, 6.45) is 5.64. The molecule has 0 radical (unpaired) electrons. The molecule has 1 atom stereocenters. The van der Waals surface area contributed by atoms with E-state index in [9.17, 15) is 0 Å². The van der Waals surface area contributed by atoms with Crippen LogP contribution >= 0.6 is 0 Å². The molecule has 0 spiro atoms. The molecule has 122 valence electrons. The number of aromatic nitrogens is 2. The molecule has 0 amide bonds. The first-order valence-electron chi connectivity index (χ1n) is 9.00. The average Bonchev–Trinajstić information content (AvgIpc) is 3.44. The summed E-state index contributed by atoms with van der Waals surface area (Å²) >= 11 is 0. The lowest BCUT2D eigenvalue weighted by Crippen LogP contribution is -2.36. The predicted octanol–water partition coefficient (Wildman–Crippen LogP) is 4.25. The van der Waals surface area contributed by atoms with Crippen molar-refractivity contribution in [2.24, 2.45) is 5.92 Å². The van der Waals surface area contributed by atoms with E-state index in [1.165, 1.54) is 36.9 Å². The molecule has 0 aliphatic heterocycles. The van der Waals surface area contributed by atoms with Crippen LogP contribution in [0.3, 0.4) is 0 Å². The van der Waals surface area contributed by atoms with Gasteiger partial charge in [0.2, 0.25) is 0 Å². The lowest BCUT2D eigenvalue weighted by molar-refractivity contribution is 0.171. The van der Waals surface area contributed by atoms with Gasteiger partial charge >= 0.3 is 0 Å². The quantitative estimate of drug-likeness (QED) is 0.795. The molecule has 0 N–H and O–H groups in total. The van der Waals surface area contributed by atoms with Crippen molar-refractivity contribution >= 4 is 0 Å². The predicted molar refractivity (Wildman–Crippen MR) is 93.8 cm³/mol. The van der Waals surface area contributed by atoms with Gasteiger partial charge < -0.3 is 0 Å². The smallest absolute Gasteiger partial charge is 0.0648 e. The minimum Gasteiger partial charge on any atom is -0.293 e. The molecule has 1 unspecified atom stereocenters. The van der Waals surface area contributed by atoms with Gasteiger partial charge in [-0.05, 0) is 76.1 Å². The minimum atomic E-state index is 0.748. The Morgan fingerprint density at radius 2 is 1.83 bits per heavy atom. The van der Waals surface area contributed by atoms with Gasteiger partial charge in [0.15, 0.2) is 0 Å². The number of hydrogen-bond acceptors (Lipinski definition) is 2. The van der Waals surface area contributed by atoms with Gasteiger partial charge in [-0.1, -0.05) is 12.1 Å². The zero-order valence-corrected chi connectivity index (χ0v) is 14.5. The number of rotatable bonds is 6. The first-order chi connectivity index (χ1) is 11.1. The van der Waals surface area contributed by atoms with E-state index in [1.54, 1.807) is 0 Å². The zero-order chi connectivity index (χ0) is 16.0. The maximum Gasteiger partial charge on any atom is 0.0648 e. The van der Waals surface area contributed by atoms with E-state index in [2.05, 4.69) is 54.2 Å². The van der Waals surface area contributed by atoms with Crippen molar-refractivity contribution in [3.8, 4) is 5.69 Å². The minimum absolute atomic E-state index is 0.748. The standard InChI is InChI=1S/C20H27N3/c1-14-12-15(2)23(21-14)20-8-4-17(5-9-20)13-22(19-10-11-19)16(3)18-6-7-18/h4-5,8-9,12,16,18-19H,6-7,10-11,13H2,1-3H3. The largest absolute Gasteiger partial charge is 0.293 e. The third-order valence-electron chi connectivity index (χ3n) is 5.40. The highest BCUT2D eigenvalue weighted by molar-refractivity contribution is 5.36. The van der Waals surface area contributed by atoms with Gasteiger partial charge in [-0.3, -0.25) is 4.90 Å². The molecule has 1 aromatic heterocycles. The van der Waals surface area contributed by atoms with E-state index in [4.69, 9.17) is 0 Å². The molecule has 4 rings (SSSR count). The first-order valence-corrected chi connectivity index (χ1v) is 9.00. The van der Waals surface area contributed by atoms with Crippen molar-refractivity contribution in [3.63, 3.8) is 0 Å². The van der Waals surface area contributed by atoms with E-state index < -0.39 is 0 Å². The second-order valence-corrected chi connectivity index (χ2v) is 7.49. The van der Waals surface area contributed by atoms with Gasteiger partial charge in [-0.15, -0.1) is 0 Å². The van der Waals surface area contributed by atoms with E-state index in [0.717, 1.165) is 35.9 Å². The average molecular weight is 309 g/mol. The van der Waals surface area contributed by atoms with Crippen LogP contribution in [0, 0.1) is 19.8 Å². The molecule has 3 heteroatoms. The van der Waals surface area contributed by atoms with Gasteiger partial charge in [0.1, 0.15) is 0 Å². The molecular weight excluding hydrogens is 282 g/mol. The fraction of sp³-hybridized carbons (Fsp3) is 0.550. The Balaban J connectivity index is 1.50. The second kappa shape index (κ2) is 5.79. The lowest BCUT2D eigenvalue weighted by Gasteiger charge is -2.29.